The van der Waals surface area contributed by atoms with Gasteiger partial charge in [-0.25, -0.2) is 0 Å². The second-order valence-electron chi connectivity index (χ2n) is 5.26. The molecular formula is C12H18N4O4. The molecule has 0 aromatic heterocycles. The van der Waals surface area contributed by atoms with Crippen LogP contribution in [0.15, 0.2) is 21.6 Å². The zero-order valence-corrected chi connectivity index (χ0v) is 10.8. The first-order valence-electron chi connectivity index (χ1n) is 6.52. The predicted octanol–water partition coefficient (Wildman–Crippen LogP) is -2.61. The lowest BCUT2D eigenvalue weighted by atomic mass is 10.0. The van der Waals surface area contributed by atoms with Gasteiger partial charge < -0.3 is 30.6 Å². The first-order valence-corrected chi connectivity index (χ1v) is 6.52. The average Bonchev–Trinajstić information content (AvgIpc) is 2.93. The van der Waals surface area contributed by atoms with Crippen molar-refractivity contribution < 1.29 is 20.4 Å². The molecule has 110 valence electrons. The third kappa shape index (κ3) is 1.84. The van der Waals surface area contributed by atoms with E-state index in [1.165, 1.54) is 17.6 Å². The van der Waals surface area contributed by atoms with E-state index in [0.717, 1.165) is 0 Å². The van der Waals surface area contributed by atoms with Crippen LogP contribution in [0.5, 0.6) is 0 Å². The van der Waals surface area contributed by atoms with Gasteiger partial charge in [0.1, 0.15) is 18.3 Å². The topological polar surface area (TPSA) is 121 Å². The molecule has 0 aromatic rings. The summed E-state index contributed by atoms with van der Waals surface area (Å²) in [4.78, 5) is 9.68. The lowest BCUT2D eigenvalue weighted by molar-refractivity contribution is -0.142. The lowest BCUT2D eigenvalue weighted by Crippen LogP contribution is -2.62. The van der Waals surface area contributed by atoms with E-state index in [9.17, 15) is 15.3 Å². The Kier molecular flexibility index (Phi) is 3.25. The highest BCUT2D eigenvalue weighted by Crippen LogP contribution is 2.36. The van der Waals surface area contributed by atoms with Gasteiger partial charge in [0.05, 0.1) is 31.9 Å². The van der Waals surface area contributed by atoms with Crippen LogP contribution in [0.3, 0.4) is 0 Å². The van der Waals surface area contributed by atoms with Crippen LogP contribution in [0.4, 0.5) is 0 Å². The molecule has 0 radical (unpaired) electrons. The van der Waals surface area contributed by atoms with Crippen molar-refractivity contribution in [1.29, 1.82) is 0 Å². The molecule has 4 unspecified atom stereocenters. The molecule has 3 rings (SSSR count). The van der Waals surface area contributed by atoms with Crippen LogP contribution >= 0.6 is 0 Å². The summed E-state index contributed by atoms with van der Waals surface area (Å²) in [5, 5.41) is 43.0. The minimum Gasteiger partial charge on any atom is -0.392 e. The molecule has 0 spiro atoms. The number of aliphatic hydroxyl groups excluding tert-OH is 3. The van der Waals surface area contributed by atoms with Gasteiger partial charge in [0.2, 0.25) is 0 Å². The van der Waals surface area contributed by atoms with Crippen LogP contribution < -0.4 is 5.32 Å². The summed E-state index contributed by atoms with van der Waals surface area (Å²) in [5.41, 5.74) is -1.20. The fourth-order valence-electron chi connectivity index (χ4n) is 2.89. The van der Waals surface area contributed by atoms with Gasteiger partial charge in [-0.1, -0.05) is 6.08 Å². The number of aliphatic imine (C=N–C) groups is 2. The SMILES string of the molecule is OCC1=CCC(O)(N2C=NC3C2NC=NC[C@H]3O)C1O. The number of nitrogens with zero attached hydrogens (tertiary/aromatic N) is 3. The molecule has 2 heterocycles. The Morgan fingerprint density at radius 1 is 1.45 bits per heavy atom. The Bertz CT molecular complexity index is 480. The molecule has 0 aromatic carbocycles. The van der Waals surface area contributed by atoms with Crippen LogP contribution in [0.2, 0.25) is 0 Å². The van der Waals surface area contributed by atoms with E-state index in [1.54, 1.807) is 6.08 Å². The molecule has 0 amide bonds. The Balaban J connectivity index is 1.85. The molecule has 0 fully saturated rings. The van der Waals surface area contributed by atoms with E-state index >= 15 is 0 Å². The van der Waals surface area contributed by atoms with E-state index in [-0.39, 0.29) is 19.6 Å². The molecule has 20 heavy (non-hydrogen) atoms. The minimum atomic E-state index is -1.58. The summed E-state index contributed by atoms with van der Waals surface area (Å²) in [6.07, 6.45) is 2.27. The second kappa shape index (κ2) is 4.81. The van der Waals surface area contributed by atoms with Crippen molar-refractivity contribution in [3.8, 4) is 0 Å². The van der Waals surface area contributed by atoms with E-state index < -0.39 is 30.1 Å². The molecule has 0 bridgehead atoms. The lowest BCUT2D eigenvalue weighted by Gasteiger charge is -2.41. The molecule has 8 nitrogen and oxygen atoms in total. The normalized spacial score (nSPS) is 43.2. The highest BCUT2D eigenvalue weighted by atomic mass is 16.4. The fraction of sp³-hybridized carbons (Fsp3) is 0.667. The third-order valence-corrected chi connectivity index (χ3v) is 4.09. The molecule has 0 saturated carbocycles. The largest absolute Gasteiger partial charge is 0.392 e. The molecule has 5 N–H and O–H groups in total. The summed E-state index contributed by atoms with van der Waals surface area (Å²) in [5.74, 6) is 0. The number of aliphatic hydroxyl groups is 4. The highest BCUT2D eigenvalue weighted by molar-refractivity contribution is 5.64. The van der Waals surface area contributed by atoms with Gasteiger partial charge in [-0.15, -0.1) is 0 Å². The summed E-state index contributed by atoms with van der Waals surface area (Å²) in [6, 6.07) is -0.466. The zero-order chi connectivity index (χ0) is 14.3. The van der Waals surface area contributed by atoms with Gasteiger partial charge in [0, 0.05) is 6.42 Å². The zero-order valence-electron chi connectivity index (χ0n) is 10.8. The van der Waals surface area contributed by atoms with Crippen LogP contribution in [0, 0.1) is 0 Å². The molecule has 1 aliphatic carbocycles. The Morgan fingerprint density at radius 3 is 2.95 bits per heavy atom. The van der Waals surface area contributed by atoms with Crippen LogP contribution in [-0.4, -0.2) is 81.3 Å². The Morgan fingerprint density at radius 2 is 2.25 bits per heavy atom. The number of rotatable bonds is 2. The maximum atomic E-state index is 10.7. The Hall–Kier alpha value is -1.48. The smallest absolute Gasteiger partial charge is 0.174 e. The molecule has 5 atom stereocenters. The van der Waals surface area contributed by atoms with Crippen molar-refractivity contribution in [3.63, 3.8) is 0 Å². The van der Waals surface area contributed by atoms with Crippen molar-refractivity contribution in [2.45, 2.75) is 36.6 Å². The van der Waals surface area contributed by atoms with Gasteiger partial charge in [0.15, 0.2) is 5.72 Å². The van der Waals surface area contributed by atoms with E-state index in [0.29, 0.717) is 5.57 Å². The highest BCUT2D eigenvalue weighted by Gasteiger charge is 2.52. The summed E-state index contributed by atoms with van der Waals surface area (Å²) in [6.45, 7) is -0.0689. The van der Waals surface area contributed by atoms with Crippen LogP contribution in [-0.2, 0) is 0 Å². The van der Waals surface area contributed by atoms with Crippen molar-refractivity contribution >= 4 is 12.7 Å². The standard InChI is InChI=1S/C12H18N4O4/c17-4-7-1-2-12(20,10(7)19)16-6-15-9-8(18)3-13-5-14-11(9)16/h1,5-6,8-11,17-20H,2-4H2,(H,13,14)/t8-,9?,10?,11?,12?/m1/s1. The number of nitrogens with one attached hydrogen (secondary N) is 1. The second-order valence-corrected chi connectivity index (χ2v) is 5.26. The number of hydrogen-bond donors (Lipinski definition) is 5. The average molecular weight is 282 g/mol. The summed E-state index contributed by atoms with van der Waals surface area (Å²) in [7, 11) is 0. The van der Waals surface area contributed by atoms with Gasteiger partial charge in [-0.3, -0.25) is 9.98 Å². The van der Waals surface area contributed by atoms with E-state index in [1.807, 2.05) is 0 Å². The molecule has 2 aliphatic heterocycles. The maximum absolute atomic E-state index is 10.7. The van der Waals surface area contributed by atoms with Crippen molar-refractivity contribution in [1.82, 2.24) is 10.2 Å². The number of fused-ring (bicyclic) bond motifs is 1. The van der Waals surface area contributed by atoms with Gasteiger partial charge in [-0.05, 0) is 5.57 Å². The van der Waals surface area contributed by atoms with E-state index in [2.05, 4.69) is 15.3 Å². The monoisotopic (exact) mass is 282 g/mol. The maximum Gasteiger partial charge on any atom is 0.174 e. The van der Waals surface area contributed by atoms with Crippen molar-refractivity contribution in [2.75, 3.05) is 13.2 Å². The summed E-state index contributed by atoms with van der Waals surface area (Å²) >= 11 is 0. The molecule has 0 saturated heterocycles. The van der Waals surface area contributed by atoms with Gasteiger partial charge in [0.25, 0.3) is 0 Å². The Labute approximate surface area is 115 Å². The quantitative estimate of drug-likeness (QED) is 0.354. The van der Waals surface area contributed by atoms with Gasteiger partial charge >= 0.3 is 0 Å². The first-order chi connectivity index (χ1) is 9.58. The number of hydrogen-bond acceptors (Lipinski definition) is 8. The third-order valence-electron chi connectivity index (χ3n) is 4.09. The molecule has 8 heteroatoms. The fourth-order valence-corrected chi connectivity index (χ4v) is 2.89. The van der Waals surface area contributed by atoms with E-state index in [4.69, 9.17) is 5.11 Å². The van der Waals surface area contributed by atoms with Crippen molar-refractivity contribution in [2.24, 2.45) is 9.98 Å². The van der Waals surface area contributed by atoms with Gasteiger partial charge in [-0.2, -0.15) is 0 Å². The molecular weight excluding hydrogens is 264 g/mol. The van der Waals surface area contributed by atoms with Crippen LogP contribution in [0.1, 0.15) is 6.42 Å². The minimum absolute atomic E-state index is 0.175. The predicted molar refractivity (Wildman–Crippen MR) is 71.2 cm³/mol. The first kappa shape index (κ1) is 13.5. The van der Waals surface area contributed by atoms with Crippen LogP contribution in [0.25, 0.3) is 0 Å². The molecule has 3 aliphatic rings. The van der Waals surface area contributed by atoms with Crippen molar-refractivity contribution in [3.05, 3.63) is 11.6 Å². The summed E-state index contributed by atoms with van der Waals surface area (Å²) < 4.78 is 0.